The summed E-state index contributed by atoms with van der Waals surface area (Å²) >= 11 is 0. The van der Waals surface area contributed by atoms with Crippen molar-refractivity contribution >= 4 is 5.78 Å². The Morgan fingerprint density at radius 3 is 3.08 bits per heavy atom. The smallest absolute Gasteiger partial charge is 0.155 e. The number of carbonyl (C=O) groups excluding carboxylic acids is 1. The van der Waals surface area contributed by atoms with Crippen molar-refractivity contribution in [2.24, 2.45) is 11.8 Å². The Kier molecular flexibility index (Phi) is 2.24. The van der Waals surface area contributed by atoms with E-state index in [0.717, 1.165) is 19.3 Å². The van der Waals surface area contributed by atoms with Crippen LogP contribution >= 0.6 is 0 Å². The van der Waals surface area contributed by atoms with Crippen molar-refractivity contribution in [1.29, 1.82) is 0 Å². The van der Waals surface area contributed by atoms with E-state index in [1.54, 1.807) is 6.08 Å². The first-order chi connectivity index (χ1) is 6.22. The van der Waals surface area contributed by atoms with Crippen LogP contribution in [0.5, 0.6) is 0 Å². The second-order valence-electron chi connectivity index (χ2n) is 4.19. The predicted molar refractivity (Wildman–Crippen MR) is 50.2 cm³/mol. The van der Waals surface area contributed by atoms with Gasteiger partial charge in [0.05, 0.1) is 6.10 Å². The standard InChI is InChI=1S/C11H16O2/c1-2-7-5-8-6-9(12)3-4-10(8)11(7)13/h6-7,10-11,13H,2-5H2,1H3/t7?,10?,11-/m1/s1. The van der Waals surface area contributed by atoms with Gasteiger partial charge in [-0.3, -0.25) is 4.79 Å². The van der Waals surface area contributed by atoms with E-state index in [2.05, 4.69) is 6.92 Å². The lowest BCUT2D eigenvalue weighted by molar-refractivity contribution is -0.115. The van der Waals surface area contributed by atoms with Crippen molar-refractivity contribution in [3.63, 3.8) is 0 Å². The Morgan fingerprint density at radius 1 is 1.62 bits per heavy atom. The molecule has 13 heavy (non-hydrogen) atoms. The van der Waals surface area contributed by atoms with Gasteiger partial charge in [0.2, 0.25) is 0 Å². The van der Waals surface area contributed by atoms with Crippen molar-refractivity contribution in [1.82, 2.24) is 0 Å². The number of fused-ring (bicyclic) bond motifs is 1. The maximum absolute atomic E-state index is 11.1. The van der Waals surface area contributed by atoms with E-state index >= 15 is 0 Å². The molecule has 0 aromatic rings. The molecule has 0 heterocycles. The van der Waals surface area contributed by atoms with Crippen LogP contribution in [0, 0.1) is 11.8 Å². The van der Waals surface area contributed by atoms with Crippen LogP contribution in [0.3, 0.4) is 0 Å². The largest absolute Gasteiger partial charge is 0.392 e. The quantitative estimate of drug-likeness (QED) is 0.666. The Bertz CT molecular complexity index is 255. The van der Waals surface area contributed by atoms with Crippen molar-refractivity contribution in [3.8, 4) is 0 Å². The van der Waals surface area contributed by atoms with Crippen LogP contribution in [0.4, 0.5) is 0 Å². The minimum atomic E-state index is -0.190. The second-order valence-corrected chi connectivity index (χ2v) is 4.19. The Hall–Kier alpha value is -0.630. The van der Waals surface area contributed by atoms with Gasteiger partial charge in [0, 0.05) is 12.3 Å². The molecule has 2 aliphatic carbocycles. The van der Waals surface area contributed by atoms with E-state index in [1.165, 1.54) is 5.57 Å². The van der Waals surface area contributed by atoms with Crippen molar-refractivity contribution in [3.05, 3.63) is 11.6 Å². The molecule has 0 bridgehead atoms. The average Bonchev–Trinajstić information content (AvgIpc) is 2.42. The van der Waals surface area contributed by atoms with Gasteiger partial charge < -0.3 is 5.11 Å². The number of aliphatic hydroxyl groups is 1. The zero-order valence-corrected chi connectivity index (χ0v) is 7.99. The summed E-state index contributed by atoms with van der Waals surface area (Å²) < 4.78 is 0. The number of aliphatic hydroxyl groups excluding tert-OH is 1. The van der Waals surface area contributed by atoms with E-state index in [-0.39, 0.29) is 11.9 Å². The van der Waals surface area contributed by atoms with Crippen molar-refractivity contribution in [2.75, 3.05) is 0 Å². The van der Waals surface area contributed by atoms with E-state index in [9.17, 15) is 9.90 Å². The summed E-state index contributed by atoms with van der Waals surface area (Å²) in [7, 11) is 0. The molecule has 1 fully saturated rings. The highest BCUT2D eigenvalue weighted by Gasteiger charge is 2.39. The second kappa shape index (κ2) is 3.26. The maximum atomic E-state index is 11.1. The number of rotatable bonds is 1. The van der Waals surface area contributed by atoms with Crippen molar-refractivity contribution in [2.45, 2.75) is 38.7 Å². The molecule has 0 amide bonds. The molecule has 2 aliphatic rings. The third-order valence-electron chi connectivity index (χ3n) is 3.44. The van der Waals surface area contributed by atoms with Gasteiger partial charge in [-0.2, -0.15) is 0 Å². The number of hydrogen-bond donors (Lipinski definition) is 1. The van der Waals surface area contributed by atoms with E-state index < -0.39 is 0 Å². The Balaban J connectivity index is 2.20. The van der Waals surface area contributed by atoms with E-state index in [1.807, 2.05) is 0 Å². The topological polar surface area (TPSA) is 37.3 Å². The van der Waals surface area contributed by atoms with Gasteiger partial charge in [0.15, 0.2) is 5.78 Å². The molecular weight excluding hydrogens is 164 g/mol. The van der Waals surface area contributed by atoms with Crippen LogP contribution in [0.2, 0.25) is 0 Å². The van der Waals surface area contributed by atoms with Gasteiger partial charge in [-0.05, 0) is 24.8 Å². The van der Waals surface area contributed by atoms with Gasteiger partial charge in [0.1, 0.15) is 0 Å². The molecule has 0 aromatic heterocycles. The number of allylic oxidation sites excluding steroid dienone is 1. The summed E-state index contributed by atoms with van der Waals surface area (Å²) in [6.45, 7) is 2.10. The molecule has 1 saturated carbocycles. The minimum Gasteiger partial charge on any atom is -0.392 e. The third kappa shape index (κ3) is 1.44. The monoisotopic (exact) mass is 180 g/mol. The lowest BCUT2D eigenvalue weighted by atomic mass is 9.88. The molecule has 72 valence electrons. The molecule has 1 N–H and O–H groups in total. The average molecular weight is 180 g/mol. The zero-order valence-electron chi connectivity index (χ0n) is 7.99. The molecule has 2 rings (SSSR count). The maximum Gasteiger partial charge on any atom is 0.155 e. The highest BCUT2D eigenvalue weighted by atomic mass is 16.3. The summed E-state index contributed by atoms with van der Waals surface area (Å²) in [6.07, 6.45) is 5.03. The van der Waals surface area contributed by atoms with Crippen LogP contribution in [0.15, 0.2) is 11.6 Å². The molecular formula is C11H16O2. The minimum absolute atomic E-state index is 0.190. The first-order valence-electron chi connectivity index (χ1n) is 5.13. The highest BCUT2D eigenvalue weighted by Crippen LogP contribution is 2.42. The first-order valence-corrected chi connectivity index (χ1v) is 5.13. The van der Waals surface area contributed by atoms with E-state index in [0.29, 0.717) is 18.3 Å². The molecule has 2 unspecified atom stereocenters. The fourth-order valence-corrected chi connectivity index (χ4v) is 2.61. The Morgan fingerprint density at radius 2 is 2.38 bits per heavy atom. The summed E-state index contributed by atoms with van der Waals surface area (Å²) in [6, 6.07) is 0. The molecule has 2 nitrogen and oxygen atoms in total. The van der Waals surface area contributed by atoms with Gasteiger partial charge >= 0.3 is 0 Å². The number of ketones is 1. The summed E-state index contributed by atoms with van der Waals surface area (Å²) in [4.78, 5) is 11.1. The highest BCUT2D eigenvalue weighted by molar-refractivity contribution is 5.91. The summed E-state index contributed by atoms with van der Waals surface area (Å²) in [5, 5.41) is 9.92. The van der Waals surface area contributed by atoms with Crippen LogP contribution in [-0.4, -0.2) is 17.0 Å². The summed E-state index contributed by atoms with van der Waals surface area (Å²) in [5.74, 6) is 0.931. The molecule has 0 radical (unpaired) electrons. The number of hydrogen-bond acceptors (Lipinski definition) is 2. The van der Waals surface area contributed by atoms with Crippen LogP contribution in [0.1, 0.15) is 32.6 Å². The fourth-order valence-electron chi connectivity index (χ4n) is 2.61. The Labute approximate surface area is 78.6 Å². The molecule has 0 spiro atoms. The van der Waals surface area contributed by atoms with Crippen LogP contribution < -0.4 is 0 Å². The third-order valence-corrected chi connectivity index (χ3v) is 3.44. The zero-order chi connectivity index (χ0) is 9.42. The first kappa shape index (κ1) is 8.95. The molecule has 3 atom stereocenters. The lowest BCUT2D eigenvalue weighted by Crippen LogP contribution is -2.23. The van der Waals surface area contributed by atoms with Crippen LogP contribution in [0.25, 0.3) is 0 Å². The van der Waals surface area contributed by atoms with Gasteiger partial charge in [-0.15, -0.1) is 0 Å². The molecule has 2 heteroatoms. The van der Waals surface area contributed by atoms with E-state index in [4.69, 9.17) is 0 Å². The van der Waals surface area contributed by atoms with Gasteiger partial charge in [-0.1, -0.05) is 18.9 Å². The molecule has 0 aliphatic heterocycles. The van der Waals surface area contributed by atoms with Crippen molar-refractivity contribution < 1.29 is 9.90 Å². The SMILES string of the molecule is CCC1CC2=CC(=O)CCC2[C@@H]1O. The fraction of sp³-hybridized carbons (Fsp3) is 0.727. The number of carbonyl (C=O) groups is 1. The molecule has 0 saturated heterocycles. The summed E-state index contributed by atoms with van der Waals surface area (Å²) in [5.41, 5.74) is 1.20. The van der Waals surface area contributed by atoms with Gasteiger partial charge in [0.25, 0.3) is 0 Å². The van der Waals surface area contributed by atoms with Gasteiger partial charge in [-0.25, -0.2) is 0 Å². The lowest BCUT2D eigenvalue weighted by Gasteiger charge is -2.20. The normalized spacial score (nSPS) is 38.8. The predicted octanol–water partition coefficient (Wildman–Crippen LogP) is 1.68. The van der Waals surface area contributed by atoms with Crippen LogP contribution in [-0.2, 0) is 4.79 Å². The molecule has 0 aromatic carbocycles.